The molecule has 0 aliphatic heterocycles. The van der Waals surface area contributed by atoms with Crippen molar-refractivity contribution in [1.29, 1.82) is 0 Å². The molecule has 0 heterocycles. The molecule has 0 saturated heterocycles. The summed E-state index contributed by atoms with van der Waals surface area (Å²) in [6.45, 7) is 13.7. The molecule has 4 rings (SSSR count). The van der Waals surface area contributed by atoms with E-state index in [0.29, 0.717) is 0 Å². The van der Waals surface area contributed by atoms with Crippen LogP contribution in [0.25, 0.3) is 0 Å². The molecular weight excluding hydrogens is 436 g/mol. The van der Waals surface area contributed by atoms with Crippen LogP contribution in [0.1, 0.15) is 74.9 Å². The Morgan fingerprint density at radius 1 is 0.417 bits per heavy atom. The minimum atomic E-state index is -0.0962. The SMILES string of the molecule is CNc1ccc(C(C)(C)c2ccc(C(C)(C)c3ccc(C(C)(C)c4ccc(N)cc4)cc3)cc2)cc1. The Hall–Kier alpha value is -3.52. The summed E-state index contributed by atoms with van der Waals surface area (Å²) in [6.07, 6.45) is 0. The molecular formula is C34H40N2. The van der Waals surface area contributed by atoms with Crippen LogP contribution in [0.5, 0.6) is 0 Å². The first-order chi connectivity index (χ1) is 17.0. The lowest BCUT2D eigenvalue weighted by atomic mass is 9.73. The topological polar surface area (TPSA) is 38.0 Å². The average molecular weight is 477 g/mol. The van der Waals surface area contributed by atoms with Crippen LogP contribution in [-0.2, 0) is 16.2 Å². The van der Waals surface area contributed by atoms with Gasteiger partial charge in [0.15, 0.2) is 0 Å². The standard InChI is InChI=1S/C34H40N2/c1-32(2,24-8-12-26(13-9-24)33(3,4)28-16-20-30(35)21-17-28)25-10-14-27(15-11-25)34(5,6)29-18-22-31(36-7)23-19-29/h8-23,36H,35H2,1-7H3. The van der Waals surface area contributed by atoms with E-state index < -0.39 is 0 Å². The minimum absolute atomic E-state index is 0.0652. The molecule has 0 bridgehead atoms. The zero-order valence-corrected chi connectivity index (χ0v) is 22.8. The number of nitrogen functional groups attached to an aromatic ring is 1. The third-order valence-corrected chi connectivity index (χ3v) is 8.18. The van der Waals surface area contributed by atoms with Crippen molar-refractivity contribution in [2.75, 3.05) is 18.1 Å². The van der Waals surface area contributed by atoms with Gasteiger partial charge in [0.25, 0.3) is 0 Å². The molecule has 0 radical (unpaired) electrons. The van der Waals surface area contributed by atoms with Gasteiger partial charge < -0.3 is 11.1 Å². The number of hydrogen-bond donors (Lipinski definition) is 2. The Bertz CT molecular complexity index is 1290. The van der Waals surface area contributed by atoms with Gasteiger partial charge in [0.1, 0.15) is 0 Å². The molecule has 0 unspecified atom stereocenters. The third-order valence-electron chi connectivity index (χ3n) is 8.18. The van der Waals surface area contributed by atoms with Crippen molar-refractivity contribution < 1.29 is 0 Å². The Kier molecular flexibility index (Phi) is 6.75. The molecule has 186 valence electrons. The molecule has 0 aliphatic carbocycles. The highest BCUT2D eigenvalue weighted by atomic mass is 14.8. The first-order valence-corrected chi connectivity index (χ1v) is 12.8. The summed E-state index contributed by atoms with van der Waals surface area (Å²) in [5, 5.41) is 3.20. The van der Waals surface area contributed by atoms with E-state index in [9.17, 15) is 0 Å². The van der Waals surface area contributed by atoms with Crippen LogP contribution < -0.4 is 11.1 Å². The largest absolute Gasteiger partial charge is 0.399 e. The van der Waals surface area contributed by atoms with Crippen LogP contribution in [-0.4, -0.2) is 7.05 Å². The maximum Gasteiger partial charge on any atom is 0.0337 e. The van der Waals surface area contributed by atoms with Crippen molar-refractivity contribution in [3.05, 3.63) is 130 Å². The molecule has 0 aliphatic rings. The van der Waals surface area contributed by atoms with Crippen molar-refractivity contribution in [2.45, 2.75) is 57.8 Å². The van der Waals surface area contributed by atoms with Crippen LogP contribution in [0, 0.1) is 0 Å². The van der Waals surface area contributed by atoms with E-state index in [4.69, 9.17) is 5.73 Å². The summed E-state index contributed by atoms with van der Waals surface area (Å²) in [7, 11) is 1.95. The van der Waals surface area contributed by atoms with E-state index in [2.05, 4.69) is 132 Å². The lowest BCUT2D eigenvalue weighted by molar-refractivity contribution is 0.621. The molecule has 0 amide bonds. The van der Waals surface area contributed by atoms with Gasteiger partial charge in [-0.1, -0.05) is 114 Å². The Morgan fingerprint density at radius 3 is 0.889 bits per heavy atom. The van der Waals surface area contributed by atoms with Crippen molar-refractivity contribution in [2.24, 2.45) is 0 Å². The van der Waals surface area contributed by atoms with Crippen molar-refractivity contribution >= 4 is 11.4 Å². The second-order valence-corrected chi connectivity index (χ2v) is 11.5. The molecule has 0 aromatic heterocycles. The van der Waals surface area contributed by atoms with E-state index in [0.717, 1.165) is 11.4 Å². The predicted molar refractivity (Wildman–Crippen MR) is 156 cm³/mol. The zero-order chi connectivity index (χ0) is 26.1. The van der Waals surface area contributed by atoms with Crippen LogP contribution in [0.15, 0.2) is 97.1 Å². The first-order valence-electron chi connectivity index (χ1n) is 12.8. The van der Waals surface area contributed by atoms with E-state index >= 15 is 0 Å². The summed E-state index contributed by atoms with van der Waals surface area (Å²) in [5.41, 5.74) is 15.4. The molecule has 2 nitrogen and oxygen atoms in total. The second kappa shape index (κ2) is 9.50. The van der Waals surface area contributed by atoms with Gasteiger partial charge in [-0.2, -0.15) is 0 Å². The van der Waals surface area contributed by atoms with Crippen LogP contribution >= 0.6 is 0 Å². The van der Waals surface area contributed by atoms with Crippen LogP contribution in [0.2, 0.25) is 0 Å². The van der Waals surface area contributed by atoms with Crippen LogP contribution in [0.4, 0.5) is 11.4 Å². The van der Waals surface area contributed by atoms with Crippen molar-refractivity contribution in [1.82, 2.24) is 0 Å². The number of nitrogens with one attached hydrogen (secondary N) is 1. The van der Waals surface area contributed by atoms with Gasteiger partial charge >= 0.3 is 0 Å². The molecule has 0 atom stereocenters. The lowest BCUT2D eigenvalue weighted by Gasteiger charge is -2.31. The normalized spacial score (nSPS) is 12.4. The predicted octanol–water partition coefficient (Wildman–Crippen LogP) is 8.29. The van der Waals surface area contributed by atoms with E-state index in [1.54, 1.807) is 0 Å². The molecule has 4 aromatic carbocycles. The van der Waals surface area contributed by atoms with Crippen molar-refractivity contribution in [3.63, 3.8) is 0 Å². The number of hydrogen-bond acceptors (Lipinski definition) is 2. The van der Waals surface area contributed by atoms with Gasteiger partial charge in [-0.15, -0.1) is 0 Å². The van der Waals surface area contributed by atoms with E-state index in [1.165, 1.54) is 33.4 Å². The summed E-state index contributed by atoms with van der Waals surface area (Å²) >= 11 is 0. The van der Waals surface area contributed by atoms with Gasteiger partial charge in [-0.25, -0.2) is 0 Å². The Balaban J connectivity index is 1.57. The molecule has 0 spiro atoms. The zero-order valence-electron chi connectivity index (χ0n) is 22.8. The van der Waals surface area contributed by atoms with Crippen LogP contribution in [0.3, 0.4) is 0 Å². The number of nitrogens with two attached hydrogens (primary N) is 1. The molecule has 0 saturated carbocycles. The monoisotopic (exact) mass is 476 g/mol. The molecule has 0 fully saturated rings. The highest BCUT2D eigenvalue weighted by Crippen LogP contribution is 2.38. The summed E-state index contributed by atoms with van der Waals surface area (Å²) in [4.78, 5) is 0. The smallest absolute Gasteiger partial charge is 0.0337 e. The minimum Gasteiger partial charge on any atom is -0.399 e. The van der Waals surface area contributed by atoms with Gasteiger partial charge in [-0.05, 0) is 57.6 Å². The summed E-state index contributed by atoms with van der Waals surface area (Å²) in [5.74, 6) is 0. The lowest BCUT2D eigenvalue weighted by Crippen LogP contribution is -2.22. The third kappa shape index (κ3) is 4.78. The fraction of sp³-hybridized carbons (Fsp3) is 0.294. The fourth-order valence-corrected chi connectivity index (χ4v) is 5.06. The second-order valence-electron chi connectivity index (χ2n) is 11.5. The maximum absolute atomic E-state index is 5.90. The Labute approximate surface area is 217 Å². The van der Waals surface area contributed by atoms with Gasteiger partial charge in [0.2, 0.25) is 0 Å². The summed E-state index contributed by atoms with van der Waals surface area (Å²) in [6, 6.07) is 35.3. The van der Waals surface area contributed by atoms with Gasteiger partial charge in [0.05, 0.1) is 0 Å². The number of benzene rings is 4. The quantitative estimate of drug-likeness (QED) is 0.263. The van der Waals surface area contributed by atoms with E-state index in [-0.39, 0.29) is 16.2 Å². The molecule has 36 heavy (non-hydrogen) atoms. The highest BCUT2D eigenvalue weighted by molar-refractivity contribution is 5.50. The number of rotatable bonds is 7. The first kappa shape index (κ1) is 25.6. The van der Waals surface area contributed by atoms with Crippen molar-refractivity contribution in [3.8, 4) is 0 Å². The highest BCUT2D eigenvalue weighted by Gasteiger charge is 2.28. The average Bonchev–Trinajstić information content (AvgIpc) is 2.89. The fourth-order valence-electron chi connectivity index (χ4n) is 5.06. The van der Waals surface area contributed by atoms with Gasteiger partial charge in [0, 0.05) is 34.7 Å². The molecule has 2 heteroatoms. The van der Waals surface area contributed by atoms with Gasteiger partial charge in [-0.3, -0.25) is 0 Å². The maximum atomic E-state index is 5.90. The Morgan fingerprint density at radius 2 is 0.639 bits per heavy atom. The molecule has 4 aromatic rings. The number of anilines is 2. The van der Waals surface area contributed by atoms with E-state index in [1.807, 2.05) is 19.2 Å². The summed E-state index contributed by atoms with van der Waals surface area (Å²) < 4.78 is 0. The molecule has 3 N–H and O–H groups in total.